The summed E-state index contributed by atoms with van der Waals surface area (Å²) in [5, 5.41) is 19.7. The molecule has 19 heavy (non-hydrogen) atoms. The van der Waals surface area contributed by atoms with Crippen LogP contribution < -0.4 is 5.32 Å². The van der Waals surface area contributed by atoms with Crippen molar-refractivity contribution in [1.82, 2.24) is 5.32 Å². The van der Waals surface area contributed by atoms with Crippen LogP contribution in [0.2, 0.25) is 0 Å². The molecular weight excluding hydrogens is 250 g/mol. The molecule has 1 rings (SSSR count). The van der Waals surface area contributed by atoms with Crippen LogP contribution in [0.1, 0.15) is 18.4 Å². The van der Waals surface area contributed by atoms with Gasteiger partial charge in [-0.15, -0.1) is 0 Å². The second kappa shape index (κ2) is 7.15. The molecule has 0 saturated carbocycles. The summed E-state index contributed by atoms with van der Waals surface area (Å²) in [5.41, 5.74) is 0.766. The van der Waals surface area contributed by atoms with Gasteiger partial charge in [0.25, 0.3) is 0 Å². The number of carbonyl (C=O) groups excluding carboxylic acids is 1. The van der Waals surface area contributed by atoms with Gasteiger partial charge in [0.05, 0.1) is 6.42 Å². The molecule has 6 nitrogen and oxygen atoms in total. The Kier molecular flexibility index (Phi) is 5.53. The van der Waals surface area contributed by atoms with Crippen molar-refractivity contribution in [3.63, 3.8) is 0 Å². The molecule has 1 atom stereocenters. The summed E-state index contributed by atoms with van der Waals surface area (Å²) in [4.78, 5) is 32.9. The number of carboxylic acids is 2. The first-order valence-electron chi connectivity index (χ1n) is 5.77. The summed E-state index contributed by atoms with van der Waals surface area (Å²) in [6.07, 6.45) is -0.370. The normalized spacial score (nSPS) is 11.6. The largest absolute Gasteiger partial charge is 0.481 e. The number of aliphatic carboxylic acids is 2. The maximum atomic E-state index is 11.7. The van der Waals surface area contributed by atoms with Gasteiger partial charge >= 0.3 is 11.9 Å². The molecule has 0 bridgehead atoms. The highest BCUT2D eigenvalue weighted by molar-refractivity contribution is 5.85. The zero-order valence-electron chi connectivity index (χ0n) is 10.2. The Morgan fingerprint density at radius 1 is 1.11 bits per heavy atom. The minimum atomic E-state index is -1.23. The van der Waals surface area contributed by atoms with Gasteiger partial charge in [0, 0.05) is 6.42 Å². The highest BCUT2D eigenvalue weighted by atomic mass is 16.4. The number of amides is 1. The summed E-state index contributed by atoms with van der Waals surface area (Å²) >= 11 is 0. The van der Waals surface area contributed by atoms with Crippen LogP contribution in [0.15, 0.2) is 30.3 Å². The number of hydrogen-bond acceptors (Lipinski definition) is 3. The third kappa shape index (κ3) is 5.67. The third-order valence-corrected chi connectivity index (χ3v) is 2.49. The fourth-order valence-electron chi connectivity index (χ4n) is 1.55. The Morgan fingerprint density at radius 2 is 1.74 bits per heavy atom. The lowest BCUT2D eigenvalue weighted by molar-refractivity contribution is -0.143. The Balaban J connectivity index is 2.52. The first kappa shape index (κ1) is 14.7. The van der Waals surface area contributed by atoms with Crippen molar-refractivity contribution in [3.05, 3.63) is 35.9 Å². The summed E-state index contributed by atoms with van der Waals surface area (Å²) < 4.78 is 0. The molecule has 0 saturated heterocycles. The van der Waals surface area contributed by atoms with Crippen LogP contribution in [0, 0.1) is 0 Å². The quantitative estimate of drug-likeness (QED) is 0.672. The van der Waals surface area contributed by atoms with Crippen LogP contribution in [0.3, 0.4) is 0 Å². The minimum absolute atomic E-state index is 0.0672. The van der Waals surface area contributed by atoms with Crippen LogP contribution in [0.5, 0.6) is 0 Å². The van der Waals surface area contributed by atoms with Gasteiger partial charge in [-0.25, -0.2) is 4.79 Å². The average molecular weight is 265 g/mol. The molecule has 0 spiro atoms. The van der Waals surface area contributed by atoms with E-state index in [9.17, 15) is 14.4 Å². The maximum absolute atomic E-state index is 11.7. The van der Waals surface area contributed by atoms with E-state index in [1.165, 1.54) is 0 Å². The molecule has 0 aliphatic rings. The van der Waals surface area contributed by atoms with Crippen molar-refractivity contribution < 1.29 is 24.6 Å². The Hall–Kier alpha value is -2.37. The van der Waals surface area contributed by atoms with Crippen molar-refractivity contribution in [3.8, 4) is 0 Å². The average Bonchev–Trinajstić information content (AvgIpc) is 2.35. The highest BCUT2D eigenvalue weighted by Crippen LogP contribution is 2.02. The topological polar surface area (TPSA) is 104 Å². The Bertz CT molecular complexity index is 457. The standard InChI is InChI=1S/C13H15NO5/c15-11(8-9-4-2-1-3-5-9)14-10(13(18)19)6-7-12(16)17/h1-5,10H,6-8H2,(H,14,15)(H,16,17)(H,18,19)/t10-/m0/s1. The Labute approximate surface area is 110 Å². The minimum Gasteiger partial charge on any atom is -0.481 e. The van der Waals surface area contributed by atoms with Gasteiger partial charge in [0.1, 0.15) is 6.04 Å². The maximum Gasteiger partial charge on any atom is 0.326 e. The van der Waals surface area contributed by atoms with Crippen molar-refractivity contribution in [2.24, 2.45) is 0 Å². The molecule has 1 aromatic rings. The summed E-state index contributed by atoms with van der Waals surface area (Å²) in [5.74, 6) is -2.77. The van der Waals surface area contributed by atoms with E-state index >= 15 is 0 Å². The number of benzene rings is 1. The van der Waals surface area contributed by atoms with E-state index in [4.69, 9.17) is 10.2 Å². The van der Waals surface area contributed by atoms with E-state index in [2.05, 4.69) is 5.32 Å². The molecule has 102 valence electrons. The SMILES string of the molecule is O=C(O)CC[C@H](NC(=O)Cc1ccccc1)C(=O)O. The molecule has 1 aromatic carbocycles. The predicted molar refractivity (Wildman–Crippen MR) is 66.6 cm³/mol. The second-order valence-electron chi connectivity index (χ2n) is 4.05. The fourth-order valence-corrected chi connectivity index (χ4v) is 1.55. The van der Waals surface area contributed by atoms with Gasteiger partial charge in [0.2, 0.25) is 5.91 Å². The third-order valence-electron chi connectivity index (χ3n) is 2.49. The fraction of sp³-hybridized carbons (Fsp3) is 0.308. The van der Waals surface area contributed by atoms with Gasteiger partial charge in [-0.3, -0.25) is 9.59 Å². The van der Waals surface area contributed by atoms with Gasteiger partial charge in [-0.05, 0) is 12.0 Å². The van der Waals surface area contributed by atoms with E-state index < -0.39 is 23.9 Å². The first-order valence-corrected chi connectivity index (χ1v) is 5.77. The highest BCUT2D eigenvalue weighted by Gasteiger charge is 2.20. The molecule has 0 heterocycles. The zero-order valence-corrected chi connectivity index (χ0v) is 10.2. The van der Waals surface area contributed by atoms with Crippen molar-refractivity contribution >= 4 is 17.8 Å². The predicted octanol–water partition coefficient (Wildman–Crippen LogP) is 0.663. The monoisotopic (exact) mass is 265 g/mol. The van der Waals surface area contributed by atoms with Crippen molar-refractivity contribution in [1.29, 1.82) is 0 Å². The van der Waals surface area contributed by atoms with Crippen molar-refractivity contribution in [2.45, 2.75) is 25.3 Å². The lowest BCUT2D eigenvalue weighted by Gasteiger charge is -2.13. The molecular formula is C13H15NO5. The summed E-state index contributed by atoms with van der Waals surface area (Å²) in [6.45, 7) is 0. The van der Waals surface area contributed by atoms with E-state index in [0.29, 0.717) is 0 Å². The molecule has 3 N–H and O–H groups in total. The molecule has 0 radical (unpaired) electrons. The van der Waals surface area contributed by atoms with E-state index in [-0.39, 0.29) is 19.3 Å². The van der Waals surface area contributed by atoms with Gasteiger partial charge in [-0.1, -0.05) is 30.3 Å². The zero-order chi connectivity index (χ0) is 14.3. The number of carbonyl (C=O) groups is 3. The van der Waals surface area contributed by atoms with E-state index in [0.717, 1.165) is 5.56 Å². The molecule has 0 fully saturated rings. The van der Waals surface area contributed by atoms with Crippen LogP contribution >= 0.6 is 0 Å². The lowest BCUT2D eigenvalue weighted by atomic mass is 10.1. The number of carboxylic acid groups (broad SMARTS) is 2. The van der Waals surface area contributed by atoms with E-state index in [1.807, 2.05) is 6.07 Å². The van der Waals surface area contributed by atoms with Gasteiger partial charge in [-0.2, -0.15) is 0 Å². The van der Waals surface area contributed by atoms with Crippen LogP contribution in [0.25, 0.3) is 0 Å². The lowest BCUT2D eigenvalue weighted by Crippen LogP contribution is -2.41. The smallest absolute Gasteiger partial charge is 0.326 e. The van der Waals surface area contributed by atoms with E-state index in [1.54, 1.807) is 24.3 Å². The van der Waals surface area contributed by atoms with Crippen molar-refractivity contribution in [2.75, 3.05) is 0 Å². The molecule has 0 aliphatic heterocycles. The van der Waals surface area contributed by atoms with Crippen LogP contribution in [-0.2, 0) is 20.8 Å². The number of hydrogen-bond donors (Lipinski definition) is 3. The number of rotatable bonds is 7. The second-order valence-corrected chi connectivity index (χ2v) is 4.05. The van der Waals surface area contributed by atoms with Gasteiger partial charge < -0.3 is 15.5 Å². The van der Waals surface area contributed by atoms with Crippen LogP contribution in [-0.4, -0.2) is 34.1 Å². The molecule has 0 aliphatic carbocycles. The number of nitrogens with one attached hydrogen (secondary N) is 1. The Morgan fingerprint density at radius 3 is 2.26 bits per heavy atom. The molecule has 0 aromatic heterocycles. The first-order chi connectivity index (χ1) is 8.99. The van der Waals surface area contributed by atoms with Gasteiger partial charge in [0.15, 0.2) is 0 Å². The molecule has 1 amide bonds. The molecule has 0 unspecified atom stereocenters. The van der Waals surface area contributed by atoms with Crippen LogP contribution in [0.4, 0.5) is 0 Å². The summed E-state index contributed by atoms with van der Waals surface area (Å²) in [6, 6.07) is 7.71. The molecule has 6 heteroatoms. The summed E-state index contributed by atoms with van der Waals surface area (Å²) in [7, 11) is 0.